The molecule has 0 aliphatic carbocycles. The second-order valence-electron chi connectivity index (χ2n) is 4.16. The number of thiazole rings is 2. The van der Waals surface area contributed by atoms with Crippen molar-refractivity contribution in [3.63, 3.8) is 0 Å². The molecule has 2 heterocycles. The predicted molar refractivity (Wildman–Crippen MR) is 74.0 cm³/mol. The first-order valence-corrected chi connectivity index (χ1v) is 7.42. The molecule has 0 aliphatic rings. The summed E-state index contributed by atoms with van der Waals surface area (Å²) in [7, 11) is 2.01. The highest BCUT2D eigenvalue weighted by molar-refractivity contribution is 7.10. The first kappa shape index (κ1) is 12.7. The second kappa shape index (κ2) is 5.71. The average molecular weight is 267 g/mol. The lowest BCUT2D eigenvalue weighted by Crippen LogP contribution is -2.29. The van der Waals surface area contributed by atoms with Gasteiger partial charge in [0.2, 0.25) is 0 Å². The number of aromatic nitrogens is 2. The van der Waals surface area contributed by atoms with E-state index >= 15 is 0 Å². The molecule has 2 aromatic rings. The zero-order valence-corrected chi connectivity index (χ0v) is 12.0. The molecule has 17 heavy (non-hydrogen) atoms. The second-order valence-corrected chi connectivity index (χ2v) is 6.04. The Morgan fingerprint density at radius 2 is 1.53 bits per heavy atom. The maximum absolute atomic E-state index is 4.51. The van der Waals surface area contributed by atoms with Gasteiger partial charge in [-0.1, -0.05) is 0 Å². The Bertz CT molecular complexity index is 433. The van der Waals surface area contributed by atoms with E-state index in [-0.39, 0.29) is 0 Å². The van der Waals surface area contributed by atoms with E-state index in [0.29, 0.717) is 6.04 Å². The van der Waals surface area contributed by atoms with E-state index in [1.165, 1.54) is 10.0 Å². The van der Waals surface area contributed by atoms with E-state index in [0.717, 1.165) is 24.2 Å². The van der Waals surface area contributed by atoms with E-state index in [1.54, 1.807) is 22.7 Å². The first-order chi connectivity index (χ1) is 8.17. The minimum absolute atomic E-state index is 0.422. The van der Waals surface area contributed by atoms with Crippen LogP contribution in [0.25, 0.3) is 0 Å². The van der Waals surface area contributed by atoms with Crippen molar-refractivity contribution in [1.29, 1.82) is 0 Å². The molecule has 0 saturated heterocycles. The van der Waals surface area contributed by atoms with Crippen LogP contribution in [0.2, 0.25) is 0 Å². The first-order valence-electron chi connectivity index (χ1n) is 5.66. The van der Waals surface area contributed by atoms with E-state index in [4.69, 9.17) is 0 Å². The molecule has 0 bridgehead atoms. The monoisotopic (exact) mass is 267 g/mol. The Hall–Kier alpha value is -0.780. The lowest BCUT2D eigenvalue weighted by atomic mass is 10.1. The Morgan fingerprint density at radius 3 is 1.82 bits per heavy atom. The molecular formula is C12H17N3S2. The maximum atomic E-state index is 4.51. The molecule has 5 heteroatoms. The number of rotatable bonds is 5. The Kier molecular flexibility index (Phi) is 4.25. The Morgan fingerprint density at radius 1 is 1.06 bits per heavy atom. The van der Waals surface area contributed by atoms with Crippen molar-refractivity contribution in [1.82, 2.24) is 15.3 Å². The molecule has 0 fully saturated rings. The van der Waals surface area contributed by atoms with E-state index in [2.05, 4.69) is 26.0 Å². The highest BCUT2D eigenvalue weighted by Crippen LogP contribution is 2.15. The fraction of sp³-hybridized carbons (Fsp3) is 0.500. The van der Waals surface area contributed by atoms with Gasteiger partial charge in [-0.05, 0) is 20.9 Å². The smallest absolute Gasteiger partial charge is 0.0943 e. The van der Waals surface area contributed by atoms with Gasteiger partial charge in [-0.15, -0.1) is 22.7 Å². The van der Waals surface area contributed by atoms with Gasteiger partial charge >= 0.3 is 0 Å². The van der Waals surface area contributed by atoms with Gasteiger partial charge in [-0.25, -0.2) is 9.97 Å². The molecule has 2 aromatic heterocycles. The van der Waals surface area contributed by atoms with Crippen LogP contribution in [0.15, 0.2) is 10.8 Å². The third-order valence-electron chi connectivity index (χ3n) is 2.58. The molecule has 2 rings (SSSR count). The fourth-order valence-electron chi connectivity index (χ4n) is 1.69. The van der Waals surface area contributed by atoms with Crippen molar-refractivity contribution in [2.45, 2.75) is 32.7 Å². The van der Waals surface area contributed by atoms with E-state index in [9.17, 15) is 0 Å². The molecule has 0 spiro atoms. The molecule has 1 N–H and O–H groups in total. The molecule has 0 aromatic carbocycles. The van der Waals surface area contributed by atoms with Crippen LogP contribution in [-0.4, -0.2) is 23.1 Å². The average Bonchev–Trinajstić information content (AvgIpc) is 2.87. The molecule has 3 nitrogen and oxygen atoms in total. The van der Waals surface area contributed by atoms with Gasteiger partial charge in [0.1, 0.15) is 0 Å². The summed E-state index contributed by atoms with van der Waals surface area (Å²) < 4.78 is 0. The van der Waals surface area contributed by atoms with Crippen molar-refractivity contribution >= 4 is 22.7 Å². The molecule has 0 radical (unpaired) electrons. The molecule has 0 amide bonds. The summed E-state index contributed by atoms with van der Waals surface area (Å²) in [6, 6.07) is 0.422. The zero-order valence-electron chi connectivity index (χ0n) is 10.4. The molecule has 92 valence electrons. The number of aryl methyl sites for hydroxylation is 2. The van der Waals surface area contributed by atoms with Crippen molar-refractivity contribution in [3.05, 3.63) is 32.2 Å². The van der Waals surface area contributed by atoms with Crippen LogP contribution >= 0.6 is 22.7 Å². The lowest BCUT2D eigenvalue weighted by molar-refractivity contribution is 0.553. The highest BCUT2D eigenvalue weighted by atomic mass is 32.1. The SMILES string of the molecule is CNC(Cc1nc(C)cs1)Cc1nc(C)cs1. The Labute approximate surface area is 110 Å². The standard InChI is InChI=1S/C12H17N3S2/c1-8-6-16-11(14-8)4-10(13-3)5-12-15-9(2)7-17-12/h6-7,10,13H,4-5H2,1-3H3. The highest BCUT2D eigenvalue weighted by Gasteiger charge is 2.12. The van der Waals surface area contributed by atoms with Gasteiger partial charge in [0, 0.05) is 41.0 Å². The van der Waals surface area contributed by atoms with Gasteiger partial charge in [0.15, 0.2) is 0 Å². The number of hydrogen-bond acceptors (Lipinski definition) is 5. The van der Waals surface area contributed by atoms with Crippen LogP contribution in [0.4, 0.5) is 0 Å². The predicted octanol–water partition coefficient (Wildman–Crippen LogP) is 2.59. The van der Waals surface area contributed by atoms with Gasteiger partial charge in [0.05, 0.1) is 10.0 Å². The van der Waals surface area contributed by atoms with E-state index in [1.807, 2.05) is 20.9 Å². The summed E-state index contributed by atoms with van der Waals surface area (Å²) >= 11 is 3.48. The lowest BCUT2D eigenvalue weighted by Gasteiger charge is -2.12. The van der Waals surface area contributed by atoms with Crippen LogP contribution in [0.1, 0.15) is 21.4 Å². The summed E-state index contributed by atoms with van der Waals surface area (Å²) in [5.74, 6) is 0. The quantitative estimate of drug-likeness (QED) is 0.905. The summed E-state index contributed by atoms with van der Waals surface area (Å²) in [4.78, 5) is 9.01. The molecule has 0 atom stereocenters. The fourth-order valence-corrected chi connectivity index (χ4v) is 3.40. The number of hydrogen-bond donors (Lipinski definition) is 1. The molecule has 0 saturated carbocycles. The van der Waals surface area contributed by atoms with Crippen molar-refractivity contribution in [2.75, 3.05) is 7.05 Å². The van der Waals surface area contributed by atoms with Crippen molar-refractivity contribution in [2.24, 2.45) is 0 Å². The molecular weight excluding hydrogens is 250 g/mol. The van der Waals surface area contributed by atoms with Gasteiger partial charge < -0.3 is 5.32 Å². The number of nitrogens with one attached hydrogen (secondary N) is 1. The maximum Gasteiger partial charge on any atom is 0.0943 e. The van der Waals surface area contributed by atoms with Gasteiger partial charge in [0.25, 0.3) is 0 Å². The number of nitrogens with zero attached hydrogens (tertiary/aromatic N) is 2. The van der Waals surface area contributed by atoms with Crippen LogP contribution in [0.3, 0.4) is 0 Å². The minimum atomic E-state index is 0.422. The largest absolute Gasteiger partial charge is 0.316 e. The van der Waals surface area contributed by atoms with Crippen molar-refractivity contribution < 1.29 is 0 Å². The molecule has 0 aliphatic heterocycles. The van der Waals surface area contributed by atoms with Crippen LogP contribution < -0.4 is 5.32 Å². The third kappa shape index (κ3) is 3.59. The zero-order chi connectivity index (χ0) is 12.3. The Balaban J connectivity index is 1.97. The van der Waals surface area contributed by atoms with Gasteiger partial charge in [-0.3, -0.25) is 0 Å². The third-order valence-corrected chi connectivity index (χ3v) is 4.56. The van der Waals surface area contributed by atoms with E-state index < -0.39 is 0 Å². The summed E-state index contributed by atoms with van der Waals surface area (Å²) in [5, 5.41) is 9.97. The minimum Gasteiger partial charge on any atom is -0.316 e. The molecule has 0 unspecified atom stereocenters. The normalized spacial score (nSPS) is 11.3. The number of likely N-dealkylation sites (N-methyl/N-ethyl adjacent to an activating group) is 1. The summed E-state index contributed by atoms with van der Waals surface area (Å²) in [6.45, 7) is 4.08. The topological polar surface area (TPSA) is 37.8 Å². The van der Waals surface area contributed by atoms with Crippen molar-refractivity contribution in [3.8, 4) is 0 Å². The summed E-state index contributed by atoms with van der Waals surface area (Å²) in [6.07, 6.45) is 1.96. The summed E-state index contributed by atoms with van der Waals surface area (Å²) in [5.41, 5.74) is 2.23. The van der Waals surface area contributed by atoms with Crippen LogP contribution in [0, 0.1) is 13.8 Å². The van der Waals surface area contributed by atoms with Gasteiger partial charge in [-0.2, -0.15) is 0 Å². The van der Waals surface area contributed by atoms with Crippen LogP contribution in [0.5, 0.6) is 0 Å². The van der Waals surface area contributed by atoms with Crippen LogP contribution in [-0.2, 0) is 12.8 Å².